The van der Waals surface area contributed by atoms with E-state index in [-0.39, 0.29) is 17.4 Å². The summed E-state index contributed by atoms with van der Waals surface area (Å²) in [6, 6.07) is 14.2. The SMILES string of the molecule is O=C(Nc1ccccc1)c1csc(Nc2ccc(OC(F)(F)F)cc2)n1. The summed E-state index contributed by atoms with van der Waals surface area (Å²) >= 11 is 1.20. The fourth-order valence-electron chi connectivity index (χ4n) is 2.02. The van der Waals surface area contributed by atoms with Crippen molar-refractivity contribution in [3.63, 3.8) is 0 Å². The molecular weight excluding hydrogens is 367 g/mol. The van der Waals surface area contributed by atoms with E-state index in [1.807, 2.05) is 6.07 Å². The first-order valence-corrected chi connectivity index (χ1v) is 8.22. The Balaban J connectivity index is 1.62. The molecule has 0 radical (unpaired) electrons. The molecule has 0 aliphatic rings. The number of ether oxygens (including phenoxy) is 1. The number of aromatic nitrogens is 1. The first-order chi connectivity index (χ1) is 12.4. The summed E-state index contributed by atoms with van der Waals surface area (Å²) in [5.41, 5.74) is 1.41. The first kappa shape index (κ1) is 17.7. The van der Waals surface area contributed by atoms with Gasteiger partial charge in [-0.1, -0.05) is 18.2 Å². The molecule has 3 rings (SSSR count). The highest BCUT2D eigenvalue weighted by molar-refractivity contribution is 7.14. The Labute approximate surface area is 150 Å². The summed E-state index contributed by atoms with van der Waals surface area (Å²) < 4.78 is 40.2. The van der Waals surface area contributed by atoms with Crippen LogP contribution in [-0.2, 0) is 0 Å². The Morgan fingerprint density at radius 3 is 2.35 bits per heavy atom. The number of anilines is 3. The summed E-state index contributed by atoms with van der Waals surface area (Å²) in [5.74, 6) is -0.667. The Morgan fingerprint density at radius 1 is 1.00 bits per heavy atom. The van der Waals surface area contributed by atoms with Crippen LogP contribution in [-0.4, -0.2) is 17.3 Å². The highest BCUT2D eigenvalue weighted by atomic mass is 32.1. The maximum Gasteiger partial charge on any atom is 0.573 e. The summed E-state index contributed by atoms with van der Waals surface area (Å²) in [4.78, 5) is 16.3. The van der Waals surface area contributed by atoms with Gasteiger partial charge in [-0.25, -0.2) is 4.98 Å². The fraction of sp³-hybridized carbons (Fsp3) is 0.0588. The topological polar surface area (TPSA) is 63.2 Å². The van der Waals surface area contributed by atoms with Crippen LogP contribution >= 0.6 is 11.3 Å². The molecule has 0 aliphatic heterocycles. The number of amides is 1. The molecule has 1 heterocycles. The number of benzene rings is 2. The van der Waals surface area contributed by atoms with Gasteiger partial charge in [-0.15, -0.1) is 24.5 Å². The third kappa shape index (κ3) is 4.96. The number of thiazole rings is 1. The zero-order chi connectivity index (χ0) is 18.6. The Morgan fingerprint density at radius 2 is 1.69 bits per heavy atom. The Bertz CT molecular complexity index is 880. The normalized spacial score (nSPS) is 11.0. The van der Waals surface area contributed by atoms with Crippen molar-refractivity contribution in [2.24, 2.45) is 0 Å². The maximum absolute atomic E-state index is 12.1. The van der Waals surface area contributed by atoms with E-state index >= 15 is 0 Å². The molecule has 0 bridgehead atoms. The van der Waals surface area contributed by atoms with Crippen molar-refractivity contribution < 1.29 is 22.7 Å². The van der Waals surface area contributed by atoms with Crippen LogP contribution in [0.4, 0.5) is 29.7 Å². The molecule has 2 aromatic carbocycles. The number of halogens is 3. The Kier molecular flexibility index (Phi) is 5.08. The largest absolute Gasteiger partial charge is 0.573 e. The van der Waals surface area contributed by atoms with E-state index in [4.69, 9.17) is 0 Å². The van der Waals surface area contributed by atoms with Gasteiger partial charge in [0.05, 0.1) is 0 Å². The van der Waals surface area contributed by atoms with Crippen molar-refractivity contribution in [1.82, 2.24) is 4.98 Å². The van der Waals surface area contributed by atoms with Crippen LogP contribution in [0.1, 0.15) is 10.5 Å². The molecule has 3 aromatic rings. The zero-order valence-corrected chi connectivity index (χ0v) is 13.9. The number of carbonyl (C=O) groups is 1. The minimum atomic E-state index is -4.73. The van der Waals surface area contributed by atoms with Crippen LogP contribution in [0.25, 0.3) is 0 Å². The molecule has 1 aromatic heterocycles. The molecule has 0 saturated carbocycles. The van der Waals surface area contributed by atoms with Gasteiger partial charge in [0.25, 0.3) is 5.91 Å². The van der Waals surface area contributed by atoms with Gasteiger partial charge >= 0.3 is 6.36 Å². The van der Waals surface area contributed by atoms with Gasteiger partial charge < -0.3 is 15.4 Å². The average molecular weight is 379 g/mol. The van der Waals surface area contributed by atoms with Crippen LogP contribution < -0.4 is 15.4 Å². The second-order valence-corrected chi connectivity index (χ2v) is 5.91. The van der Waals surface area contributed by atoms with Crippen LogP contribution in [0.15, 0.2) is 60.0 Å². The molecule has 9 heteroatoms. The van der Waals surface area contributed by atoms with Crippen molar-refractivity contribution in [1.29, 1.82) is 0 Å². The molecule has 0 unspecified atom stereocenters. The molecule has 26 heavy (non-hydrogen) atoms. The third-order valence-corrected chi connectivity index (χ3v) is 3.87. The minimum absolute atomic E-state index is 0.235. The lowest BCUT2D eigenvalue weighted by atomic mass is 10.3. The van der Waals surface area contributed by atoms with Crippen molar-refractivity contribution in [3.05, 3.63) is 65.7 Å². The van der Waals surface area contributed by atoms with Crippen molar-refractivity contribution >= 4 is 33.8 Å². The van der Waals surface area contributed by atoms with Crippen molar-refractivity contribution in [3.8, 4) is 5.75 Å². The van der Waals surface area contributed by atoms with Gasteiger partial charge in [0.15, 0.2) is 5.13 Å². The predicted octanol–water partition coefficient (Wildman–Crippen LogP) is 5.04. The van der Waals surface area contributed by atoms with E-state index < -0.39 is 6.36 Å². The van der Waals surface area contributed by atoms with E-state index in [0.717, 1.165) is 0 Å². The van der Waals surface area contributed by atoms with Gasteiger partial charge in [-0.3, -0.25) is 4.79 Å². The number of nitrogens with zero attached hydrogens (tertiary/aromatic N) is 1. The summed E-state index contributed by atoms with van der Waals surface area (Å²) in [6.07, 6.45) is -4.73. The number of carbonyl (C=O) groups excluding carboxylic acids is 1. The average Bonchev–Trinajstić information content (AvgIpc) is 3.05. The molecule has 0 fully saturated rings. The molecule has 0 saturated heterocycles. The van der Waals surface area contributed by atoms with Gasteiger partial charge in [0.2, 0.25) is 0 Å². The molecule has 5 nitrogen and oxygen atoms in total. The Hall–Kier alpha value is -3.07. The number of nitrogens with one attached hydrogen (secondary N) is 2. The quantitative estimate of drug-likeness (QED) is 0.652. The van der Waals surface area contributed by atoms with E-state index in [1.165, 1.54) is 35.6 Å². The zero-order valence-electron chi connectivity index (χ0n) is 13.1. The van der Waals surface area contributed by atoms with Gasteiger partial charge in [-0.05, 0) is 36.4 Å². The smallest absolute Gasteiger partial charge is 0.406 e. The maximum atomic E-state index is 12.1. The molecule has 1 amide bonds. The monoisotopic (exact) mass is 379 g/mol. The molecule has 134 valence electrons. The van der Waals surface area contributed by atoms with Gasteiger partial charge in [-0.2, -0.15) is 0 Å². The number of para-hydroxylation sites is 1. The lowest BCUT2D eigenvalue weighted by Crippen LogP contribution is -2.16. The summed E-state index contributed by atoms with van der Waals surface area (Å²) in [5, 5.41) is 7.67. The van der Waals surface area contributed by atoms with Gasteiger partial charge in [0.1, 0.15) is 11.4 Å². The molecule has 2 N–H and O–H groups in total. The van der Waals surface area contributed by atoms with Crippen molar-refractivity contribution in [2.75, 3.05) is 10.6 Å². The highest BCUT2D eigenvalue weighted by Crippen LogP contribution is 2.26. The second-order valence-electron chi connectivity index (χ2n) is 5.06. The first-order valence-electron chi connectivity index (χ1n) is 7.34. The molecule has 0 spiro atoms. The number of hydrogen-bond donors (Lipinski definition) is 2. The van der Waals surface area contributed by atoms with E-state index in [0.29, 0.717) is 16.5 Å². The van der Waals surface area contributed by atoms with Crippen LogP contribution in [0, 0.1) is 0 Å². The summed E-state index contributed by atoms with van der Waals surface area (Å²) in [6.45, 7) is 0. The minimum Gasteiger partial charge on any atom is -0.406 e. The van der Waals surface area contributed by atoms with Crippen LogP contribution in [0.3, 0.4) is 0 Å². The van der Waals surface area contributed by atoms with E-state index in [9.17, 15) is 18.0 Å². The number of alkyl halides is 3. The lowest BCUT2D eigenvalue weighted by Gasteiger charge is -2.09. The standard InChI is InChI=1S/C17H12F3N3O2S/c18-17(19,20)25-13-8-6-12(7-9-13)22-16-23-14(10-26-16)15(24)21-11-4-2-1-3-5-11/h1-10H,(H,21,24)(H,22,23). The second kappa shape index (κ2) is 7.44. The van der Waals surface area contributed by atoms with E-state index in [2.05, 4.69) is 20.4 Å². The number of rotatable bonds is 5. The summed E-state index contributed by atoms with van der Waals surface area (Å²) in [7, 11) is 0. The predicted molar refractivity (Wildman–Crippen MR) is 92.9 cm³/mol. The fourth-order valence-corrected chi connectivity index (χ4v) is 2.73. The third-order valence-electron chi connectivity index (χ3n) is 3.11. The molecule has 0 atom stereocenters. The number of hydrogen-bond acceptors (Lipinski definition) is 5. The van der Waals surface area contributed by atoms with Crippen LogP contribution in [0.5, 0.6) is 5.75 Å². The molecular formula is C17H12F3N3O2S. The van der Waals surface area contributed by atoms with Gasteiger partial charge in [0, 0.05) is 16.8 Å². The van der Waals surface area contributed by atoms with E-state index in [1.54, 1.807) is 29.6 Å². The molecule has 0 aliphatic carbocycles. The highest BCUT2D eigenvalue weighted by Gasteiger charge is 2.30. The van der Waals surface area contributed by atoms with Crippen LogP contribution in [0.2, 0.25) is 0 Å². The van der Waals surface area contributed by atoms with Crippen molar-refractivity contribution in [2.45, 2.75) is 6.36 Å². The lowest BCUT2D eigenvalue weighted by molar-refractivity contribution is -0.274.